The summed E-state index contributed by atoms with van der Waals surface area (Å²) in [6.45, 7) is 0.631. The van der Waals surface area contributed by atoms with E-state index in [4.69, 9.17) is 10.7 Å². The third-order valence-corrected chi connectivity index (χ3v) is 5.12. The van der Waals surface area contributed by atoms with E-state index in [9.17, 15) is 13.2 Å². The molecule has 0 unspecified atom stereocenters. The first kappa shape index (κ1) is 13.9. The average molecular weight is 318 g/mol. The second-order valence-corrected chi connectivity index (χ2v) is 8.16. The molecule has 2 fully saturated rings. The lowest BCUT2D eigenvalue weighted by Gasteiger charge is -2.15. The van der Waals surface area contributed by atoms with Crippen molar-refractivity contribution in [1.29, 1.82) is 0 Å². The zero-order valence-corrected chi connectivity index (χ0v) is 12.7. The molecule has 1 aromatic heterocycles. The van der Waals surface area contributed by atoms with Crippen LogP contribution in [0.5, 0.6) is 0 Å². The summed E-state index contributed by atoms with van der Waals surface area (Å²) in [6, 6.07) is 0. The highest BCUT2D eigenvalue weighted by Gasteiger charge is 2.37. The van der Waals surface area contributed by atoms with Crippen LogP contribution in [-0.4, -0.2) is 43.0 Å². The van der Waals surface area contributed by atoms with E-state index in [0.717, 1.165) is 25.7 Å². The van der Waals surface area contributed by atoms with Crippen molar-refractivity contribution in [2.45, 2.75) is 36.5 Å². The molecule has 3 rings (SSSR count). The van der Waals surface area contributed by atoms with Gasteiger partial charge in [0.25, 0.3) is 15.0 Å². The van der Waals surface area contributed by atoms with Crippen molar-refractivity contribution in [1.82, 2.24) is 15.1 Å². The predicted octanol–water partition coefficient (Wildman–Crippen LogP) is 1.70. The van der Waals surface area contributed by atoms with Crippen LogP contribution in [-0.2, 0) is 9.05 Å². The molecule has 8 heteroatoms. The number of carbonyl (C=O) groups excluding carboxylic acids is 1. The SMILES string of the molecule is CN(CC1CC1)C(=O)c1n[nH]c(C2CC2)c1S(=O)(=O)Cl. The zero-order valence-electron chi connectivity index (χ0n) is 11.1. The Balaban J connectivity index is 1.93. The number of aromatic amines is 1. The van der Waals surface area contributed by atoms with Gasteiger partial charge < -0.3 is 4.90 Å². The quantitative estimate of drug-likeness (QED) is 0.838. The number of nitrogens with zero attached hydrogens (tertiary/aromatic N) is 2. The molecule has 1 N–H and O–H groups in total. The lowest BCUT2D eigenvalue weighted by atomic mass is 10.2. The zero-order chi connectivity index (χ0) is 14.5. The first-order valence-electron chi connectivity index (χ1n) is 6.66. The average Bonchev–Trinajstić information content (AvgIpc) is 3.27. The number of carbonyl (C=O) groups is 1. The summed E-state index contributed by atoms with van der Waals surface area (Å²) in [5.41, 5.74) is 0.397. The smallest absolute Gasteiger partial charge is 0.275 e. The van der Waals surface area contributed by atoms with Crippen LogP contribution in [0.2, 0.25) is 0 Å². The van der Waals surface area contributed by atoms with Crippen molar-refractivity contribution in [3.05, 3.63) is 11.4 Å². The number of rotatable bonds is 5. The minimum Gasteiger partial charge on any atom is -0.340 e. The van der Waals surface area contributed by atoms with Gasteiger partial charge in [0.1, 0.15) is 4.90 Å². The predicted molar refractivity (Wildman–Crippen MR) is 73.3 cm³/mol. The largest absolute Gasteiger partial charge is 0.340 e. The highest BCUT2D eigenvalue weighted by Crippen LogP contribution is 2.43. The van der Waals surface area contributed by atoms with Crippen molar-refractivity contribution >= 4 is 25.6 Å². The van der Waals surface area contributed by atoms with E-state index in [1.54, 1.807) is 7.05 Å². The van der Waals surface area contributed by atoms with Gasteiger partial charge in [-0.05, 0) is 31.6 Å². The molecule has 0 atom stereocenters. The molecule has 20 heavy (non-hydrogen) atoms. The number of halogens is 1. The summed E-state index contributed by atoms with van der Waals surface area (Å²) in [4.78, 5) is 13.7. The normalized spacial score (nSPS) is 19.1. The van der Waals surface area contributed by atoms with Crippen molar-refractivity contribution in [3.63, 3.8) is 0 Å². The monoisotopic (exact) mass is 317 g/mol. The second-order valence-electron chi connectivity index (χ2n) is 5.66. The molecule has 1 amide bonds. The number of hydrogen-bond acceptors (Lipinski definition) is 4. The Morgan fingerprint density at radius 2 is 2.05 bits per heavy atom. The van der Waals surface area contributed by atoms with Crippen LogP contribution in [0.25, 0.3) is 0 Å². The van der Waals surface area contributed by atoms with Gasteiger partial charge in [0.2, 0.25) is 0 Å². The van der Waals surface area contributed by atoms with Crippen molar-refractivity contribution in [2.75, 3.05) is 13.6 Å². The molecule has 0 saturated heterocycles. The molecule has 0 aromatic carbocycles. The van der Waals surface area contributed by atoms with Crippen LogP contribution in [0, 0.1) is 5.92 Å². The van der Waals surface area contributed by atoms with Gasteiger partial charge in [-0.15, -0.1) is 0 Å². The van der Waals surface area contributed by atoms with Crippen LogP contribution < -0.4 is 0 Å². The van der Waals surface area contributed by atoms with Gasteiger partial charge in [0.05, 0.1) is 5.69 Å². The van der Waals surface area contributed by atoms with Gasteiger partial charge >= 0.3 is 0 Å². The Bertz CT molecular complexity index is 647. The van der Waals surface area contributed by atoms with Crippen molar-refractivity contribution < 1.29 is 13.2 Å². The van der Waals surface area contributed by atoms with E-state index in [1.807, 2.05) is 0 Å². The van der Waals surface area contributed by atoms with Gasteiger partial charge in [-0.1, -0.05) is 0 Å². The highest BCUT2D eigenvalue weighted by atomic mass is 35.7. The molecular weight excluding hydrogens is 302 g/mol. The fourth-order valence-corrected chi connectivity index (χ4v) is 3.64. The third-order valence-electron chi connectivity index (χ3n) is 3.76. The summed E-state index contributed by atoms with van der Waals surface area (Å²) < 4.78 is 23.5. The highest BCUT2D eigenvalue weighted by molar-refractivity contribution is 8.13. The molecule has 2 saturated carbocycles. The van der Waals surface area contributed by atoms with E-state index >= 15 is 0 Å². The van der Waals surface area contributed by atoms with Crippen LogP contribution in [0.4, 0.5) is 0 Å². The third kappa shape index (κ3) is 2.69. The van der Waals surface area contributed by atoms with Gasteiger partial charge in [0.15, 0.2) is 5.69 Å². The topological polar surface area (TPSA) is 83.1 Å². The van der Waals surface area contributed by atoms with E-state index in [1.165, 1.54) is 4.90 Å². The summed E-state index contributed by atoms with van der Waals surface area (Å²) in [5.74, 6) is 0.266. The molecule has 0 radical (unpaired) electrons. The molecule has 2 aliphatic carbocycles. The number of nitrogens with one attached hydrogen (secondary N) is 1. The standard InChI is InChI=1S/C12H16ClN3O3S/c1-16(6-7-2-3-7)12(17)10-11(20(13,18)19)9(14-15-10)8-4-5-8/h7-8H,2-6H2,1H3,(H,14,15). The number of hydrogen-bond donors (Lipinski definition) is 1. The lowest BCUT2D eigenvalue weighted by Crippen LogP contribution is -2.30. The molecule has 0 spiro atoms. The molecule has 2 aliphatic rings. The van der Waals surface area contributed by atoms with Crippen LogP contribution >= 0.6 is 10.7 Å². The van der Waals surface area contributed by atoms with Gasteiger partial charge in [-0.25, -0.2) is 8.42 Å². The Kier molecular flexibility index (Phi) is 3.29. The molecule has 0 aliphatic heterocycles. The van der Waals surface area contributed by atoms with Gasteiger partial charge in [-0.2, -0.15) is 5.10 Å². The maximum Gasteiger partial charge on any atom is 0.275 e. The Morgan fingerprint density at radius 1 is 1.40 bits per heavy atom. The van der Waals surface area contributed by atoms with Crippen LogP contribution in [0.15, 0.2) is 4.90 Å². The number of H-pyrrole nitrogens is 1. The van der Waals surface area contributed by atoms with E-state index in [0.29, 0.717) is 18.2 Å². The Labute approximate surface area is 121 Å². The number of aromatic nitrogens is 2. The summed E-state index contributed by atoms with van der Waals surface area (Å²) in [6.07, 6.45) is 4.03. The van der Waals surface area contributed by atoms with Gasteiger partial charge in [0, 0.05) is 30.2 Å². The van der Waals surface area contributed by atoms with E-state index < -0.39 is 9.05 Å². The first-order chi connectivity index (χ1) is 9.38. The lowest BCUT2D eigenvalue weighted by molar-refractivity contribution is 0.0779. The fourth-order valence-electron chi connectivity index (χ4n) is 2.34. The molecule has 0 bridgehead atoms. The minimum absolute atomic E-state index is 0.0787. The maximum absolute atomic E-state index is 12.4. The Hall–Kier alpha value is -1.08. The molecule has 1 aromatic rings. The minimum atomic E-state index is -3.99. The second kappa shape index (κ2) is 4.73. The fraction of sp³-hybridized carbons (Fsp3) is 0.667. The van der Waals surface area contributed by atoms with Crippen LogP contribution in [0.1, 0.15) is 47.8 Å². The summed E-state index contributed by atoms with van der Waals surface area (Å²) >= 11 is 0. The molecule has 1 heterocycles. The molecule has 110 valence electrons. The number of amides is 1. The van der Waals surface area contributed by atoms with E-state index in [-0.39, 0.29) is 22.4 Å². The summed E-state index contributed by atoms with van der Waals surface area (Å²) in [7, 11) is 3.17. The molecular formula is C12H16ClN3O3S. The first-order valence-corrected chi connectivity index (χ1v) is 8.97. The Morgan fingerprint density at radius 3 is 2.55 bits per heavy atom. The van der Waals surface area contributed by atoms with Crippen molar-refractivity contribution in [2.24, 2.45) is 5.92 Å². The van der Waals surface area contributed by atoms with Crippen molar-refractivity contribution in [3.8, 4) is 0 Å². The summed E-state index contributed by atoms with van der Waals surface area (Å²) in [5, 5.41) is 6.60. The van der Waals surface area contributed by atoms with Gasteiger partial charge in [-0.3, -0.25) is 9.89 Å². The maximum atomic E-state index is 12.4. The van der Waals surface area contributed by atoms with E-state index in [2.05, 4.69) is 10.2 Å². The van der Waals surface area contributed by atoms with Crippen LogP contribution in [0.3, 0.4) is 0 Å². The molecule has 6 nitrogen and oxygen atoms in total.